The van der Waals surface area contributed by atoms with Crippen LogP contribution in [0.1, 0.15) is 18.9 Å². The van der Waals surface area contributed by atoms with E-state index in [2.05, 4.69) is 6.07 Å². The smallest absolute Gasteiger partial charge is 0.123 e. The zero-order valence-electron chi connectivity index (χ0n) is 11.3. The van der Waals surface area contributed by atoms with Gasteiger partial charge in [0.2, 0.25) is 0 Å². The topological polar surface area (TPSA) is 33.0 Å². The van der Waals surface area contributed by atoms with Crippen molar-refractivity contribution < 1.29 is 9.13 Å². The third-order valence-electron chi connectivity index (χ3n) is 3.34. The summed E-state index contributed by atoms with van der Waals surface area (Å²) in [6.07, 6.45) is 0.574. The minimum Gasteiger partial charge on any atom is -0.494 e. The van der Waals surface area contributed by atoms with E-state index in [4.69, 9.17) is 4.74 Å². The van der Waals surface area contributed by atoms with Gasteiger partial charge < -0.3 is 4.74 Å². The molecule has 0 aliphatic carbocycles. The first-order chi connectivity index (χ1) is 9.64. The molecule has 0 aromatic heterocycles. The summed E-state index contributed by atoms with van der Waals surface area (Å²) in [4.78, 5) is 0. The third kappa shape index (κ3) is 3.36. The number of hydrogen-bond donors (Lipinski definition) is 0. The first-order valence-corrected chi connectivity index (χ1v) is 6.49. The average molecular weight is 269 g/mol. The van der Waals surface area contributed by atoms with Crippen LogP contribution in [-0.2, 0) is 5.41 Å². The molecule has 0 saturated heterocycles. The molecule has 0 bridgehead atoms. The lowest BCUT2D eigenvalue weighted by atomic mass is 9.81. The van der Waals surface area contributed by atoms with E-state index in [1.165, 1.54) is 12.1 Å². The van der Waals surface area contributed by atoms with Crippen molar-refractivity contribution in [2.75, 3.05) is 6.61 Å². The van der Waals surface area contributed by atoms with E-state index in [0.29, 0.717) is 18.8 Å². The predicted octanol–water partition coefficient (Wildman–Crippen LogP) is 4.08. The molecule has 0 aliphatic heterocycles. The van der Waals surface area contributed by atoms with Crippen molar-refractivity contribution in [1.29, 1.82) is 5.26 Å². The van der Waals surface area contributed by atoms with Gasteiger partial charge in [-0.3, -0.25) is 0 Å². The van der Waals surface area contributed by atoms with Crippen LogP contribution in [0.25, 0.3) is 0 Å². The second-order valence-corrected chi connectivity index (χ2v) is 4.86. The van der Waals surface area contributed by atoms with Crippen LogP contribution in [0.3, 0.4) is 0 Å². The van der Waals surface area contributed by atoms with Crippen molar-refractivity contribution in [3.63, 3.8) is 0 Å². The van der Waals surface area contributed by atoms with Crippen LogP contribution in [0.15, 0.2) is 54.6 Å². The summed E-state index contributed by atoms with van der Waals surface area (Å²) in [5.74, 6) is 0.322. The molecule has 3 heteroatoms. The van der Waals surface area contributed by atoms with Crippen molar-refractivity contribution in [3.8, 4) is 11.8 Å². The molecule has 0 aliphatic rings. The highest BCUT2D eigenvalue weighted by atomic mass is 19.1. The monoisotopic (exact) mass is 269 g/mol. The quantitative estimate of drug-likeness (QED) is 0.819. The zero-order chi connectivity index (χ0) is 14.4. The molecule has 2 rings (SSSR count). The van der Waals surface area contributed by atoms with E-state index in [9.17, 15) is 9.65 Å². The van der Waals surface area contributed by atoms with E-state index < -0.39 is 5.41 Å². The van der Waals surface area contributed by atoms with Gasteiger partial charge in [0.15, 0.2) is 0 Å². The first-order valence-electron chi connectivity index (χ1n) is 6.49. The maximum absolute atomic E-state index is 12.8. The fourth-order valence-corrected chi connectivity index (χ4v) is 1.97. The fraction of sp³-hybridized carbons (Fsp3) is 0.235. The average Bonchev–Trinajstić information content (AvgIpc) is 2.50. The number of halogens is 1. The second kappa shape index (κ2) is 6.21. The standard InChI is InChI=1S/C17H16FNO/c1-17(13-19,14-5-3-2-4-6-14)11-12-20-16-9-7-15(18)8-10-16/h2-10H,11-12H2,1H3. The Balaban J connectivity index is 1.98. The number of nitriles is 1. The number of nitrogens with zero attached hydrogens (tertiary/aromatic N) is 1. The molecule has 0 amide bonds. The van der Waals surface area contributed by atoms with Crippen molar-refractivity contribution >= 4 is 0 Å². The lowest BCUT2D eigenvalue weighted by Gasteiger charge is -2.22. The van der Waals surface area contributed by atoms with Crippen molar-refractivity contribution in [3.05, 3.63) is 66.0 Å². The van der Waals surface area contributed by atoms with Gasteiger partial charge >= 0.3 is 0 Å². The molecule has 2 aromatic rings. The van der Waals surface area contributed by atoms with Crippen molar-refractivity contribution in [2.24, 2.45) is 0 Å². The van der Waals surface area contributed by atoms with Gasteiger partial charge in [0, 0.05) is 6.42 Å². The normalized spacial score (nSPS) is 13.2. The van der Waals surface area contributed by atoms with Crippen LogP contribution in [-0.4, -0.2) is 6.61 Å². The van der Waals surface area contributed by atoms with Crippen LogP contribution >= 0.6 is 0 Å². The van der Waals surface area contributed by atoms with Gasteiger partial charge in [-0.25, -0.2) is 4.39 Å². The molecule has 0 heterocycles. The van der Waals surface area contributed by atoms with Crippen LogP contribution < -0.4 is 4.74 Å². The molecule has 2 aromatic carbocycles. The molecule has 0 spiro atoms. The van der Waals surface area contributed by atoms with Gasteiger partial charge in [-0.15, -0.1) is 0 Å². The molecular weight excluding hydrogens is 253 g/mol. The van der Waals surface area contributed by atoms with E-state index in [1.807, 2.05) is 37.3 Å². The molecular formula is C17H16FNO. The highest BCUT2D eigenvalue weighted by molar-refractivity contribution is 5.31. The number of benzene rings is 2. The van der Waals surface area contributed by atoms with Gasteiger partial charge in [0.25, 0.3) is 0 Å². The second-order valence-electron chi connectivity index (χ2n) is 4.86. The fourth-order valence-electron chi connectivity index (χ4n) is 1.97. The Bertz CT molecular complexity index is 589. The summed E-state index contributed by atoms with van der Waals surface area (Å²) in [6.45, 7) is 2.31. The highest BCUT2D eigenvalue weighted by Crippen LogP contribution is 2.27. The lowest BCUT2D eigenvalue weighted by Crippen LogP contribution is -2.22. The summed E-state index contributed by atoms with van der Waals surface area (Å²) >= 11 is 0. The molecule has 20 heavy (non-hydrogen) atoms. The molecule has 2 nitrogen and oxygen atoms in total. The van der Waals surface area contributed by atoms with E-state index >= 15 is 0 Å². The Hall–Kier alpha value is -2.34. The SMILES string of the molecule is CC(C#N)(CCOc1ccc(F)cc1)c1ccccc1. The maximum Gasteiger partial charge on any atom is 0.123 e. The lowest BCUT2D eigenvalue weighted by molar-refractivity contribution is 0.285. The Morgan fingerprint density at radius 2 is 1.75 bits per heavy atom. The molecule has 1 unspecified atom stereocenters. The summed E-state index contributed by atoms with van der Waals surface area (Å²) < 4.78 is 18.3. The molecule has 0 saturated carbocycles. The van der Waals surface area contributed by atoms with Gasteiger partial charge in [0.05, 0.1) is 18.1 Å². The Kier molecular flexibility index (Phi) is 4.37. The van der Waals surface area contributed by atoms with Gasteiger partial charge in [0.1, 0.15) is 11.6 Å². The predicted molar refractivity (Wildman–Crippen MR) is 75.9 cm³/mol. The number of hydrogen-bond acceptors (Lipinski definition) is 2. The number of ether oxygens (including phenoxy) is 1. The molecule has 102 valence electrons. The maximum atomic E-state index is 12.8. The Labute approximate surface area is 118 Å². The molecule has 0 fully saturated rings. The number of rotatable bonds is 5. The highest BCUT2D eigenvalue weighted by Gasteiger charge is 2.26. The van der Waals surface area contributed by atoms with Crippen LogP contribution in [0.5, 0.6) is 5.75 Å². The van der Waals surface area contributed by atoms with Crippen molar-refractivity contribution in [1.82, 2.24) is 0 Å². The van der Waals surface area contributed by atoms with E-state index in [1.54, 1.807) is 12.1 Å². The van der Waals surface area contributed by atoms with Gasteiger partial charge in [-0.1, -0.05) is 30.3 Å². The van der Waals surface area contributed by atoms with E-state index in [-0.39, 0.29) is 5.82 Å². The van der Waals surface area contributed by atoms with E-state index in [0.717, 1.165) is 5.56 Å². The molecule has 1 atom stereocenters. The molecule has 0 N–H and O–H groups in total. The van der Waals surface area contributed by atoms with Gasteiger partial charge in [-0.05, 0) is 36.8 Å². The first kappa shape index (κ1) is 14.1. The summed E-state index contributed by atoms with van der Waals surface area (Å²) in [5.41, 5.74) is 0.395. The largest absolute Gasteiger partial charge is 0.494 e. The minimum absolute atomic E-state index is 0.288. The Morgan fingerprint density at radius 3 is 2.35 bits per heavy atom. The Morgan fingerprint density at radius 1 is 1.10 bits per heavy atom. The van der Waals surface area contributed by atoms with Crippen LogP contribution in [0.4, 0.5) is 4.39 Å². The third-order valence-corrected chi connectivity index (χ3v) is 3.34. The minimum atomic E-state index is -0.582. The summed E-state index contributed by atoms with van der Waals surface area (Å²) in [6, 6.07) is 17.9. The van der Waals surface area contributed by atoms with Crippen LogP contribution in [0, 0.1) is 17.1 Å². The summed E-state index contributed by atoms with van der Waals surface area (Å²) in [5, 5.41) is 9.42. The summed E-state index contributed by atoms with van der Waals surface area (Å²) in [7, 11) is 0. The van der Waals surface area contributed by atoms with Crippen molar-refractivity contribution in [2.45, 2.75) is 18.8 Å². The van der Waals surface area contributed by atoms with Gasteiger partial charge in [-0.2, -0.15) is 5.26 Å². The van der Waals surface area contributed by atoms with Crippen LogP contribution in [0.2, 0.25) is 0 Å². The zero-order valence-corrected chi connectivity index (χ0v) is 11.3. The molecule has 0 radical (unpaired) electrons.